The van der Waals surface area contributed by atoms with E-state index in [9.17, 15) is 0 Å². The third-order valence-electron chi connectivity index (χ3n) is 32.5. The second-order valence-electron chi connectivity index (χ2n) is 40.5. The standard InChI is InChI=1S/C50H33N.C47H30N2.C46H29N3/c1-2-11-32(12-3-1)33-21-25-37(26-22-33)51-48-20-9-8-16-42(48)43-28-24-35(31-49(43)51)34-23-27-41-40-15-6-7-17-44(40)50(47(41)29-34)45-19-10-18-39-38-14-5-4-13-36(38)30-46(39)45;1-2-10-31-26-36(21-17-30(31)9-1)48-44-15-7-5-13-39(44)41-23-19-32(27-46(41)48)33-20-24-42-40-14-6-8-16-45(40)49(47(42)28-33)37-22-18-35-25-34-11-3-4-12-38(34)43(35)29-37;1-2-12-33-29(10-1)11-9-19-42(33)49-44-18-8-5-15-37(44)39-24-21-31(27-46(39)49)30-20-23-38-36-14-4-7-17-43(36)48(45(38)26-30)32-22-25-35-34-13-3-6-16-40(34)47-41(35)28-32/h1-29,31,50H,30H2;1-24,26-29H,25H2;1-28,47H. The molecular formula is C143H92N6. The van der Waals surface area contributed by atoms with E-state index in [0.717, 1.165) is 29.6 Å². The molecule has 1 unspecified atom stereocenters. The largest absolute Gasteiger partial charge is 0.354 e. The van der Waals surface area contributed by atoms with Gasteiger partial charge in [-0.3, -0.25) is 0 Å². The predicted octanol–water partition coefficient (Wildman–Crippen LogP) is 37.5. The van der Waals surface area contributed by atoms with Crippen LogP contribution in [0.5, 0.6) is 0 Å². The average Bonchev–Trinajstić information content (AvgIpc) is 1.58. The van der Waals surface area contributed by atoms with E-state index in [0.29, 0.717) is 0 Å². The Morgan fingerprint density at radius 2 is 0.517 bits per heavy atom. The molecule has 6 aromatic heterocycles. The van der Waals surface area contributed by atoms with Crippen molar-refractivity contribution in [2.24, 2.45) is 0 Å². The van der Waals surface area contributed by atoms with Crippen LogP contribution >= 0.6 is 0 Å². The van der Waals surface area contributed by atoms with Crippen molar-refractivity contribution >= 4 is 152 Å². The van der Waals surface area contributed by atoms with E-state index in [1.165, 1.54) is 281 Å². The molecule has 1 atom stereocenters. The summed E-state index contributed by atoms with van der Waals surface area (Å²) in [6.07, 6.45) is 1.99. The Morgan fingerprint density at radius 3 is 1.11 bits per heavy atom. The van der Waals surface area contributed by atoms with Gasteiger partial charge in [0.05, 0.1) is 60.9 Å². The van der Waals surface area contributed by atoms with Gasteiger partial charge in [-0.1, -0.05) is 394 Å². The summed E-state index contributed by atoms with van der Waals surface area (Å²) in [5.41, 5.74) is 48.2. The van der Waals surface area contributed by atoms with Crippen molar-refractivity contribution < 1.29 is 0 Å². The molecular weight excluding hydrogens is 1800 g/mol. The summed E-state index contributed by atoms with van der Waals surface area (Å²) in [4.78, 5) is 3.66. The molecule has 694 valence electrons. The lowest BCUT2D eigenvalue weighted by Gasteiger charge is -2.19. The molecule has 1 N–H and O–H groups in total. The van der Waals surface area contributed by atoms with Gasteiger partial charge in [-0.05, 0) is 273 Å². The van der Waals surface area contributed by atoms with Crippen LogP contribution in [-0.2, 0) is 12.8 Å². The van der Waals surface area contributed by atoms with Gasteiger partial charge < -0.3 is 27.8 Å². The minimum absolute atomic E-state index is 0.193. The van der Waals surface area contributed by atoms with Gasteiger partial charge in [-0.2, -0.15) is 0 Å². The molecule has 0 radical (unpaired) electrons. The second kappa shape index (κ2) is 33.6. The quantitative estimate of drug-likeness (QED) is 0.142. The Kier molecular flexibility index (Phi) is 19.0. The topological polar surface area (TPSA) is 40.4 Å². The Labute approximate surface area is 859 Å². The summed E-state index contributed by atoms with van der Waals surface area (Å²) < 4.78 is 12.2. The zero-order valence-electron chi connectivity index (χ0n) is 81.4. The monoisotopic (exact) mass is 1890 g/mol. The maximum atomic E-state index is 3.66. The summed E-state index contributed by atoms with van der Waals surface area (Å²) in [7, 11) is 0. The highest BCUT2D eigenvalue weighted by Gasteiger charge is 2.35. The summed E-state index contributed by atoms with van der Waals surface area (Å²) in [6, 6.07) is 192. The lowest BCUT2D eigenvalue weighted by atomic mass is 9.84. The first-order chi connectivity index (χ1) is 73.9. The minimum Gasteiger partial charge on any atom is -0.354 e. The van der Waals surface area contributed by atoms with Crippen LogP contribution < -0.4 is 0 Å². The number of nitrogens with zero attached hydrogens (tertiary/aromatic N) is 5. The van der Waals surface area contributed by atoms with Gasteiger partial charge in [0, 0.05) is 110 Å². The maximum Gasteiger partial charge on any atom is 0.0547 e. The van der Waals surface area contributed by atoms with Crippen LogP contribution in [0, 0.1) is 0 Å². The molecule has 33 rings (SSSR count). The Hall–Kier alpha value is -19.4. The number of fused-ring (bicyclic) bond motifs is 29. The Morgan fingerprint density at radius 1 is 0.161 bits per heavy atom. The van der Waals surface area contributed by atoms with Gasteiger partial charge in [-0.25, -0.2) is 0 Å². The van der Waals surface area contributed by atoms with E-state index in [1.54, 1.807) is 0 Å². The molecule has 0 saturated carbocycles. The van der Waals surface area contributed by atoms with E-state index in [-0.39, 0.29) is 5.92 Å². The Bertz CT molecular complexity index is 10800. The molecule has 0 fully saturated rings. The molecule has 0 saturated heterocycles. The Balaban J connectivity index is 0.000000101. The SMILES string of the molecule is c1ccc(-c2ccc(-n3c4ccccc4c4ccc(-c5ccc6c(c5)C(c5cccc7c5Cc5ccccc5-7)c5ccccc5-6)cc43)cc2)cc1.c1ccc2c(-n3c4ccccc4c4ccc(-c5ccc6c7ccccc7n(-c7ccc8c(c7)[nH]c7ccccc78)c6c5)cc43)cccc2c1.c1ccc2c(c1)Cc1ccc(-n3c4ccccc4c4ccc(-c5ccc6c7ccccc7n(-c7ccc8ccccc8c7)c6c5)cc43)cc1-2. The molecule has 6 heteroatoms. The van der Waals surface area contributed by atoms with Crippen molar-refractivity contribution in [1.29, 1.82) is 0 Å². The second-order valence-corrected chi connectivity index (χ2v) is 40.5. The molecule has 6 nitrogen and oxygen atoms in total. The highest BCUT2D eigenvalue weighted by Crippen LogP contribution is 2.54. The van der Waals surface area contributed by atoms with Crippen molar-refractivity contribution in [3.05, 3.63) is 561 Å². The number of para-hydroxylation sites is 6. The van der Waals surface area contributed by atoms with Gasteiger partial charge >= 0.3 is 0 Å². The molecule has 0 amide bonds. The zero-order chi connectivity index (χ0) is 97.6. The molecule has 30 aromatic rings. The van der Waals surface area contributed by atoms with Crippen molar-refractivity contribution in [2.45, 2.75) is 18.8 Å². The van der Waals surface area contributed by atoms with Crippen LogP contribution in [0.15, 0.2) is 522 Å². The van der Waals surface area contributed by atoms with E-state index in [1.807, 2.05) is 0 Å². The normalized spacial score (nSPS) is 12.8. The lowest BCUT2D eigenvalue weighted by Crippen LogP contribution is -2.03. The number of aromatic amines is 1. The van der Waals surface area contributed by atoms with Crippen LogP contribution in [0.25, 0.3) is 259 Å². The van der Waals surface area contributed by atoms with E-state index < -0.39 is 0 Å². The van der Waals surface area contributed by atoms with Gasteiger partial charge in [0.15, 0.2) is 0 Å². The van der Waals surface area contributed by atoms with Crippen LogP contribution in [0.3, 0.4) is 0 Å². The number of aromatic nitrogens is 6. The minimum atomic E-state index is 0.193. The first-order valence-electron chi connectivity index (χ1n) is 51.8. The zero-order valence-corrected chi connectivity index (χ0v) is 81.4. The fourth-order valence-electron chi connectivity index (χ4n) is 25.7. The van der Waals surface area contributed by atoms with Crippen molar-refractivity contribution in [3.63, 3.8) is 0 Å². The van der Waals surface area contributed by atoms with Crippen LogP contribution in [0.2, 0.25) is 0 Å². The van der Waals surface area contributed by atoms with E-state index >= 15 is 0 Å². The van der Waals surface area contributed by atoms with E-state index in [2.05, 4.69) is 550 Å². The fourth-order valence-corrected chi connectivity index (χ4v) is 25.7. The number of rotatable bonds is 10. The molecule has 3 aliphatic rings. The highest BCUT2D eigenvalue weighted by atomic mass is 15.0. The first-order valence-corrected chi connectivity index (χ1v) is 51.8. The molecule has 6 heterocycles. The molecule has 24 aromatic carbocycles. The summed E-state index contributed by atoms with van der Waals surface area (Å²) in [6.45, 7) is 0. The fraction of sp³-hybridized carbons (Fsp3) is 0.0210. The van der Waals surface area contributed by atoms with Crippen LogP contribution in [0.4, 0.5) is 0 Å². The molecule has 3 aliphatic carbocycles. The van der Waals surface area contributed by atoms with Gasteiger partial charge in [0.1, 0.15) is 0 Å². The number of benzene rings is 24. The summed E-state index contributed by atoms with van der Waals surface area (Å²) in [5.74, 6) is 0.193. The molecule has 149 heavy (non-hydrogen) atoms. The number of H-pyrrole nitrogens is 1. The molecule has 0 bridgehead atoms. The number of nitrogens with one attached hydrogen (secondary N) is 1. The number of hydrogen-bond donors (Lipinski definition) is 1. The van der Waals surface area contributed by atoms with Crippen LogP contribution in [-0.4, -0.2) is 27.8 Å². The maximum absolute atomic E-state index is 3.66. The van der Waals surface area contributed by atoms with Crippen molar-refractivity contribution in [3.8, 4) is 106 Å². The predicted molar refractivity (Wildman–Crippen MR) is 626 cm³/mol. The average molecular weight is 1890 g/mol. The van der Waals surface area contributed by atoms with Crippen LogP contribution in [0.1, 0.15) is 44.9 Å². The van der Waals surface area contributed by atoms with Crippen molar-refractivity contribution in [1.82, 2.24) is 27.8 Å². The third kappa shape index (κ3) is 13.4. The van der Waals surface area contributed by atoms with E-state index in [4.69, 9.17) is 0 Å². The van der Waals surface area contributed by atoms with Gasteiger partial charge in [0.2, 0.25) is 0 Å². The third-order valence-corrected chi connectivity index (χ3v) is 32.5. The lowest BCUT2D eigenvalue weighted by molar-refractivity contribution is 0.987. The van der Waals surface area contributed by atoms with Crippen molar-refractivity contribution in [2.75, 3.05) is 0 Å². The summed E-state index contributed by atoms with van der Waals surface area (Å²) >= 11 is 0. The van der Waals surface area contributed by atoms with Gasteiger partial charge in [0.25, 0.3) is 0 Å². The highest BCUT2D eigenvalue weighted by molar-refractivity contribution is 6.17. The number of hydrogen-bond acceptors (Lipinski definition) is 0. The smallest absolute Gasteiger partial charge is 0.0547 e. The summed E-state index contributed by atoms with van der Waals surface area (Å²) in [5, 5.41) is 20.1. The molecule has 0 aliphatic heterocycles. The molecule has 0 spiro atoms. The first kappa shape index (κ1) is 84.1. The van der Waals surface area contributed by atoms with Gasteiger partial charge in [-0.15, -0.1) is 0 Å².